The minimum Gasteiger partial charge on any atom is -0.463 e. The summed E-state index contributed by atoms with van der Waals surface area (Å²) in [5, 5.41) is 4.33. The van der Waals surface area contributed by atoms with Gasteiger partial charge in [-0.15, -0.1) is 0 Å². The van der Waals surface area contributed by atoms with Crippen LogP contribution in [-0.4, -0.2) is 40.6 Å². The van der Waals surface area contributed by atoms with E-state index in [1.54, 1.807) is 37.1 Å². The molecule has 0 N–H and O–H groups in total. The number of ether oxygens (including phenoxy) is 1. The zero-order valence-electron chi connectivity index (χ0n) is 17.4. The molecular formula is C23H21N3O5. The Bertz CT molecular complexity index is 1210. The Morgan fingerprint density at radius 1 is 1.16 bits per heavy atom. The second-order valence-corrected chi connectivity index (χ2v) is 7.15. The Kier molecular flexibility index (Phi) is 5.53. The lowest BCUT2D eigenvalue weighted by atomic mass is 10.1. The van der Waals surface area contributed by atoms with Gasteiger partial charge in [-0.3, -0.25) is 4.79 Å². The van der Waals surface area contributed by atoms with Gasteiger partial charge in [0.05, 0.1) is 28.9 Å². The SMILES string of the molecule is Cc1noc2nc(-c3ccco3)cc(C(=O)OCC(=O)N(C)C(C)c3ccccc3)c12. The highest BCUT2D eigenvalue weighted by Gasteiger charge is 2.23. The summed E-state index contributed by atoms with van der Waals surface area (Å²) in [6.45, 7) is 3.23. The first-order chi connectivity index (χ1) is 15.0. The van der Waals surface area contributed by atoms with E-state index >= 15 is 0 Å². The molecule has 1 amide bonds. The summed E-state index contributed by atoms with van der Waals surface area (Å²) in [5.41, 5.74) is 2.30. The van der Waals surface area contributed by atoms with E-state index in [9.17, 15) is 9.59 Å². The number of carbonyl (C=O) groups is 2. The average Bonchev–Trinajstić information content (AvgIpc) is 3.46. The molecule has 0 spiro atoms. The van der Waals surface area contributed by atoms with Crippen LogP contribution in [0.4, 0.5) is 0 Å². The maximum absolute atomic E-state index is 12.9. The van der Waals surface area contributed by atoms with E-state index in [1.807, 2.05) is 37.3 Å². The molecule has 0 saturated carbocycles. The molecule has 31 heavy (non-hydrogen) atoms. The lowest BCUT2D eigenvalue weighted by molar-refractivity contribution is -0.135. The molecule has 1 unspecified atom stereocenters. The fourth-order valence-corrected chi connectivity index (χ4v) is 3.28. The van der Waals surface area contributed by atoms with Crippen LogP contribution in [0, 0.1) is 6.92 Å². The van der Waals surface area contributed by atoms with Gasteiger partial charge < -0.3 is 18.6 Å². The molecule has 4 rings (SSSR count). The second kappa shape index (κ2) is 8.43. The summed E-state index contributed by atoms with van der Waals surface area (Å²) in [6, 6.07) is 14.5. The molecule has 3 aromatic heterocycles. The minimum atomic E-state index is -0.666. The van der Waals surface area contributed by atoms with Crippen molar-refractivity contribution < 1.29 is 23.3 Å². The van der Waals surface area contributed by atoms with E-state index in [0.29, 0.717) is 22.5 Å². The second-order valence-electron chi connectivity index (χ2n) is 7.15. The van der Waals surface area contributed by atoms with E-state index in [1.165, 1.54) is 6.26 Å². The highest BCUT2D eigenvalue weighted by molar-refractivity contribution is 6.04. The number of hydrogen-bond acceptors (Lipinski definition) is 7. The summed E-state index contributed by atoms with van der Waals surface area (Å²) in [7, 11) is 1.68. The largest absolute Gasteiger partial charge is 0.463 e. The molecule has 0 bridgehead atoms. The molecule has 158 valence electrons. The summed E-state index contributed by atoms with van der Waals surface area (Å²) < 4.78 is 16.0. The summed E-state index contributed by atoms with van der Waals surface area (Å²) in [5.74, 6) is -0.513. The number of fused-ring (bicyclic) bond motifs is 1. The van der Waals surface area contributed by atoms with Crippen LogP contribution >= 0.6 is 0 Å². The molecule has 0 aliphatic rings. The van der Waals surface area contributed by atoms with E-state index in [0.717, 1.165) is 5.56 Å². The van der Waals surface area contributed by atoms with Crippen molar-refractivity contribution in [1.82, 2.24) is 15.0 Å². The van der Waals surface area contributed by atoms with Crippen molar-refractivity contribution >= 4 is 23.0 Å². The Hall–Kier alpha value is -3.94. The van der Waals surface area contributed by atoms with E-state index in [4.69, 9.17) is 13.7 Å². The molecule has 1 atom stereocenters. The van der Waals surface area contributed by atoms with Crippen LogP contribution in [0.25, 0.3) is 22.6 Å². The van der Waals surface area contributed by atoms with Crippen molar-refractivity contribution in [3.8, 4) is 11.5 Å². The number of esters is 1. The number of nitrogens with zero attached hydrogens (tertiary/aromatic N) is 3. The molecule has 0 radical (unpaired) electrons. The smallest absolute Gasteiger partial charge is 0.339 e. The molecule has 0 aliphatic carbocycles. The number of likely N-dealkylation sites (N-methyl/N-ethyl adjacent to an activating group) is 1. The van der Waals surface area contributed by atoms with Gasteiger partial charge in [0.2, 0.25) is 0 Å². The maximum Gasteiger partial charge on any atom is 0.339 e. The number of rotatable bonds is 6. The van der Waals surface area contributed by atoms with Crippen LogP contribution in [0.3, 0.4) is 0 Å². The number of furan rings is 1. The molecule has 0 aliphatic heterocycles. The highest BCUT2D eigenvalue weighted by atomic mass is 16.5. The molecule has 4 aromatic rings. The van der Waals surface area contributed by atoms with Crippen molar-refractivity contribution in [3.05, 3.63) is 71.6 Å². The fraction of sp³-hybridized carbons (Fsp3) is 0.217. The number of aryl methyl sites for hydroxylation is 1. The number of benzene rings is 1. The van der Waals surface area contributed by atoms with Crippen molar-refractivity contribution in [2.24, 2.45) is 0 Å². The normalized spacial score (nSPS) is 12.0. The highest BCUT2D eigenvalue weighted by Crippen LogP contribution is 2.28. The number of amides is 1. The zero-order chi connectivity index (χ0) is 22.0. The third-order valence-electron chi connectivity index (χ3n) is 5.19. The number of aromatic nitrogens is 2. The molecule has 8 heteroatoms. The van der Waals surface area contributed by atoms with Gasteiger partial charge in [-0.25, -0.2) is 9.78 Å². The lowest BCUT2D eigenvalue weighted by Crippen LogP contribution is -2.33. The van der Waals surface area contributed by atoms with Gasteiger partial charge in [0.25, 0.3) is 11.6 Å². The van der Waals surface area contributed by atoms with E-state index in [-0.39, 0.29) is 23.2 Å². The quantitative estimate of drug-likeness (QED) is 0.433. The fourth-order valence-electron chi connectivity index (χ4n) is 3.28. The topological polar surface area (TPSA) is 98.7 Å². The third kappa shape index (κ3) is 4.05. The molecule has 1 aromatic carbocycles. The van der Waals surface area contributed by atoms with Crippen LogP contribution in [0.5, 0.6) is 0 Å². The summed E-state index contributed by atoms with van der Waals surface area (Å²) in [6.07, 6.45) is 1.51. The van der Waals surface area contributed by atoms with Gasteiger partial charge in [0.15, 0.2) is 12.4 Å². The van der Waals surface area contributed by atoms with Crippen LogP contribution in [0.2, 0.25) is 0 Å². The third-order valence-corrected chi connectivity index (χ3v) is 5.19. The zero-order valence-corrected chi connectivity index (χ0v) is 17.4. The van der Waals surface area contributed by atoms with Crippen LogP contribution in [0.1, 0.15) is 34.6 Å². The summed E-state index contributed by atoms with van der Waals surface area (Å²) >= 11 is 0. The van der Waals surface area contributed by atoms with Crippen molar-refractivity contribution in [1.29, 1.82) is 0 Å². The predicted octanol–water partition coefficient (Wildman–Crippen LogP) is 4.17. The Morgan fingerprint density at radius 2 is 1.94 bits per heavy atom. The molecule has 8 nitrogen and oxygen atoms in total. The molecule has 0 saturated heterocycles. The molecular weight excluding hydrogens is 398 g/mol. The van der Waals surface area contributed by atoms with Gasteiger partial charge in [-0.2, -0.15) is 0 Å². The van der Waals surface area contributed by atoms with Gasteiger partial charge in [0, 0.05) is 7.05 Å². The van der Waals surface area contributed by atoms with Crippen molar-refractivity contribution in [2.45, 2.75) is 19.9 Å². The van der Waals surface area contributed by atoms with Crippen LogP contribution in [-0.2, 0) is 9.53 Å². The van der Waals surface area contributed by atoms with Gasteiger partial charge in [-0.05, 0) is 37.6 Å². The maximum atomic E-state index is 12.9. The summed E-state index contributed by atoms with van der Waals surface area (Å²) in [4.78, 5) is 31.4. The Morgan fingerprint density at radius 3 is 2.65 bits per heavy atom. The first kappa shape index (κ1) is 20.3. The Labute approximate surface area is 178 Å². The monoisotopic (exact) mass is 419 g/mol. The predicted molar refractivity (Wildman–Crippen MR) is 112 cm³/mol. The van der Waals surface area contributed by atoms with Crippen molar-refractivity contribution in [3.63, 3.8) is 0 Å². The lowest BCUT2D eigenvalue weighted by Gasteiger charge is -2.25. The van der Waals surface area contributed by atoms with E-state index in [2.05, 4.69) is 10.1 Å². The number of carbonyl (C=O) groups excluding carboxylic acids is 2. The van der Waals surface area contributed by atoms with Crippen LogP contribution in [0.15, 0.2) is 63.7 Å². The minimum absolute atomic E-state index is 0.161. The first-order valence-electron chi connectivity index (χ1n) is 9.74. The first-order valence-corrected chi connectivity index (χ1v) is 9.74. The molecule has 0 fully saturated rings. The van der Waals surface area contributed by atoms with E-state index < -0.39 is 12.6 Å². The van der Waals surface area contributed by atoms with Gasteiger partial charge in [-0.1, -0.05) is 35.5 Å². The molecule has 3 heterocycles. The average molecular weight is 419 g/mol. The van der Waals surface area contributed by atoms with Crippen LogP contribution < -0.4 is 0 Å². The number of hydrogen-bond donors (Lipinski definition) is 0. The van der Waals surface area contributed by atoms with Gasteiger partial charge >= 0.3 is 5.97 Å². The van der Waals surface area contributed by atoms with Gasteiger partial charge in [0.1, 0.15) is 5.69 Å². The standard InChI is InChI=1S/C23H21N3O5/c1-14-21-17(12-18(19-10-7-11-29-19)24-22(21)31-25-14)23(28)30-13-20(27)26(3)15(2)16-8-5-4-6-9-16/h4-12,15H,13H2,1-3H3. The van der Waals surface area contributed by atoms with Crippen molar-refractivity contribution in [2.75, 3.05) is 13.7 Å². The number of pyridine rings is 1. The Balaban J connectivity index is 1.53.